The van der Waals surface area contributed by atoms with E-state index in [-0.39, 0.29) is 14.2 Å². The van der Waals surface area contributed by atoms with Crippen LogP contribution in [-0.4, -0.2) is 56.3 Å². The third kappa shape index (κ3) is 4.62. The number of rotatable bonds is 8. The number of hydrogen-bond acceptors (Lipinski definition) is 6. The molecule has 0 aliphatic carbocycles. The van der Waals surface area contributed by atoms with Gasteiger partial charge in [-0.2, -0.15) is 4.31 Å². The summed E-state index contributed by atoms with van der Waals surface area (Å²) in [7, 11) is 0.0800. The maximum Gasteiger partial charge on any atom is 0.300 e. The summed E-state index contributed by atoms with van der Waals surface area (Å²) in [6, 6.07) is 1.02. The molecule has 1 heterocycles. The molecule has 0 radical (unpaired) electrons. The van der Waals surface area contributed by atoms with Gasteiger partial charge >= 0.3 is 0 Å². The number of nitro groups is 1. The monoisotopic (exact) mass is 355 g/mol. The van der Waals surface area contributed by atoms with Crippen molar-refractivity contribution in [3.63, 3.8) is 0 Å². The van der Waals surface area contributed by atoms with Gasteiger partial charge in [-0.15, -0.1) is 11.3 Å². The van der Waals surface area contributed by atoms with E-state index in [4.69, 9.17) is 11.6 Å². The molecule has 0 unspecified atom stereocenters. The molecule has 0 aliphatic rings. The van der Waals surface area contributed by atoms with Crippen LogP contribution in [0.4, 0.5) is 5.69 Å². The van der Waals surface area contributed by atoms with Gasteiger partial charge in [0.15, 0.2) is 4.34 Å². The molecule has 0 amide bonds. The van der Waals surface area contributed by atoms with Crippen molar-refractivity contribution < 1.29 is 13.3 Å². The summed E-state index contributed by atoms with van der Waals surface area (Å²) in [6.45, 7) is 3.16. The Balaban J connectivity index is 2.96. The SMILES string of the molecule is CCN(CCCN(C)C)S(=O)(=O)c1cc([N+](=O)[O-])c(Cl)s1. The lowest BCUT2D eigenvalue weighted by molar-refractivity contribution is -0.384. The zero-order chi connectivity index (χ0) is 16.2. The first-order valence-corrected chi connectivity index (χ1v) is 8.92. The summed E-state index contributed by atoms with van der Waals surface area (Å²) >= 11 is 6.44. The van der Waals surface area contributed by atoms with Crippen LogP contribution in [0.2, 0.25) is 4.34 Å². The van der Waals surface area contributed by atoms with Gasteiger partial charge in [0, 0.05) is 19.2 Å². The first-order valence-electron chi connectivity index (χ1n) is 6.28. The smallest absolute Gasteiger partial charge is 0.300 e. The van der Waals surface area contributed by atoms with Crippen molar-refractivity contribution in [1.29, 1.82) is 0 Å². The summed E-state index contributed by atoms with van der Waals surface area (Å²) in [5.41, 5.74) is -0.371. The molecule has 21 heavy (non-hydrogen) atoms. The highest BCUT2D eigenvalue weighted by Crippen LogP contribution is 2.37. The lowest BCUT2D eigenvalue weighted by Crippen LogP contribution is -2.32. The van der Waals surface area contributed by atoms with Crippen molar-refractivity contribution in [2.45, 2.75) is 17.6 Å². The van der Waals surface area contributed by atoms with E-state index in [0.717, 1.165) is 12.6 Å². The Labute approximate surface area is 133 Å². The van der Waals surface area contributed by atoms with Crippen LogP contribution in [-0.2, 0) is 10.0 Å². The lowest BCUT2D eigenvalue weighted by atomic mass is 10.4. The van der Waals surface area contributed by atoms with Crippen LogP contribution in [0, 0.1) is 10.1 Å². The highest BCUT2D eigenvalue weighted by Gasteiger charge is 2.29. The summed E-state index contributed by atoms with van der Waals surface area (Å²) in [5, 5.41) is 10.8. The normalized spacial score (nSPS) is 12.3. The molecule has 1 rings (SSSR count). The molecule has 0 N–H and O–H groups in total. The van der Waals surface area contributed by atoms with Gasteiger partial charge in [-0.05, 0) is 27.1 Å². The minimum absolute atomic E-state index is 0.0918. The molecular formula is C11H18ClN3O4S2. The fraction of sp³-hybridized carbons (Fsp3) is 0.636. The van der Waals surface area contributed by atoms with Gasteiger partial charge in [0.05, 0.1) is 4.92 Å². The van der Waals surface area contributed by atoms with Gasteiger partial charge in [0.25, 0.3) is 15.7 Å². The molecule has 10 heteroatoms. The Hall–Kier alpha value is -0.740. The average Bonchev–Trinajstić information content (AvgIpc) is 2.77. The summed E-state index contributed by atoms with van der Waals surface area (Å²) in [4.78, 5) is 12.0. The van der Waals surface area contributed by atoms with E-state index >= 15 is 0 Å². The van der Waals surface area contributed by atoms with Gasteiger partial charge in [0.2, 0.25) is 0 Å². The molecule has 120 valence electrons. The predicted octanol–water partition coefficient (Wildman–Crippen LogP) is 2.27. The molecule has 0 atom stereocenters. The van der Waals surface area contributed by atoms with E-state index < -0.39 is 14.9 Å². The minimum Gasteiger partial charge on any atom is -0.309 e. The molecule has 0 spiro atoms. The van der Waals surface area contributed by atoms with Gasteiger partial charge in [-0.1, -0.05) is 18.5 Å². The van der Waals surface area contributed by atoms with Crippen LogP contribution < -0.4 is 0 Å². The van der Waals surface area contributed by atoms with Crippen LogP contribution in [0.3, 0.4) is 0 Å². The Morgan fingerprint density at radius 3 is 2.43 bits per heavy atom. The van der Waals surface area contributed by atoms with Crippen molar-refractivity contribution in [2.24, 2.45) is 0 Å². The summed E-state index contributed by atoms with van der Waals surface area (Å²) in [5.74, 6) is 0. The fourth-order valence-corrected chi connectivity index (χ4v) is 5.04. The van der Waals surface area contributed by atoms with Gasteiger partial charge < -0.3 is 4.90 Å². The topological polar surface area (TPSA) is 83.8 Å². The quantitative estimate of drug-likeness (QED) is 0.527. The van der Waals surface area contributed by atoms with Crippen molar-refractivity contribution in [3.05, 3.63) is 20.5 Å². The maximum atomic E-state index is 12.5. The molecule has 1 aromatic rings. The molecule has 0 bridgehead atoms. The van der Waals surface area contributed by atoms with E-state index in [1.54, 1.807) is 6.92 Å². The molecule has 0 saturated carbocycles. The Morgan fingerprint density at radius 2 is 2.00 bits per heavy atom. The Bertz CT molecular complexity index is 601. The van der Waals surface area contributed by atoms with E-state index in [0.29, 0.717) is 30.8 Å². The van der Waals surface area contributed by atoms with E-state index in [2.05, 4.69) is 0 Å². The first-order chi connectivity index (χ1) is 9.70. The van der Waals surface area contributed by atoms with Crippen LogP contribution in [0.25, 0.3) is 0 Å². The van der Waals surface area contributed by atoms with E-state index in [1.807, 2.05) is 19.0 Å². The molecule has 0 aromatic carbocycles. The zero-order valence-electron chi connectivity index (χ0n) is 12.1. The first kappa shape index (κ1) is 18.3. The highest BCUT2D eigenvalue weighted by molar-refractivity contribution is 7.91. The second-order valence-electron chi connectivity index (χ2n) is 4.64. The second kappa shape index (κ2) is 7.50. The van der Waals surface area contributed by atoms with Crippen LogP contribution in [0.5, 0.6) is 0 Å². The predicted molar refractivity (Wildman–Crippen MR) is 83.6 cm³/mol. The van der Waals surface area contributed by atoms with E-state index in [9.17, 15) is 18.5 Å². The standard InChI is InChI=1S/C11H18ClN3O4S2/c1-4-14(7-5-6-13(2)3)21(18,19)10-8-9(15(16)17)11(12)20-10/h8H,4-7H2,1-3H3. The number of thiophene rings is 1. The van der Waals surface area contributed by atoms with E-state index in [1.165, 1.54) is 4.31 Å². The van der Waals surface area contributed by atoms with Gasteiger partial charge in [0.1, 0.15) is 4.21 Å². The zero-order valence-corrected chi connectivity index (χ0v) is 14.5. The van der Waals surface area contributed by atoms with Crippen LogP contribution in [0.1, 0.15) is 13.3 Å². The maximum absolute atomic E-state index is 12.5. The lowest BCUT2D eigenvalue weighted by Gasteiger charge is -2.20. The molecule has 0 fully saturated rings. The third-order valence-corrected chi connectivity index (χ3v) is 6.56. The third-order valence-electron chi connectivity index (χ3n) is 2.80. The van der Waals surface area contributed by atoms with Crippen molar-refractivity contribution in [1.82, 2.24) is 9.21 Å². The molecule has 1 aromatic heterocycles. The van der Waals surface area contributed by atoms with Crippen molar-refractivity contribution >= 4 is 38.6 Å². The fourth-order valence-electron chi connectivity index (χ4n) is 1.73. The summed E-state index contributed by atoms with van der Waals surface area (Å²) < 4.78 is 26.0. The number of nitrogens with zero attached hydrogens (tertiary/aromatic N) is 3. The average molecular weight is 356 g/mol. The summed E-state index contributed by atoms with van der Waals surface area (Å²) in [6.07, 6.45) is 0.682. The van der Waals surface area contributed by atoms with Gasteiger partial charge in [-0.25, -0.2) is 8.42 Å². The van der Waals surface area contributed by atoms with Gasteiger partial charge in [-0.3, -0.25) is 10.1 Å². The number of hydrogen-bond donors (Lipinski definition) is 0. The second-order valence-corrected chi connectivity index (χ2v) is 8.45. The Kier molecular flexibility index (Phi) is 6.54. The minimum atomic E-state index is -3.74. The highest BCUT2D eigenvalue weighted by atomic mass is 35.5. The van der Waals surface area contributed by atoms with Crippen LogP contribution in [0.15, 0.2) is 10.3 Å². The van der Waals surface area contributed by atoms with Crippen molar-refractivity contribution in [3.8, 4) is 0 Å². The largest absolute Gasteiger partial charge is 0.309 e. The Morgan fingerprint density at radius 1 is 1.38 bits per heavy atom. The van der Waals surface area contributed by atoms with Crippen LogP contribution >= 0.6 is 22.9 Å². The molecular weight excluding hydrogens is 338 g/mol. The number of halogens is 1. The molecule has 0 aliphatic heterocycles. The van der Waals surface area contributed by atoms with Crippen molar-refractivity contribution in [2.75, 3.05) is 33.7 Å². The molecule has 0 saturated heterocycles. The number of sulfonamides is 1. The molecule has 7 nitrogen and oxygen atoms in total.